The topological polar surface area (TPSA) is 109 Å². The van der Waals surface area contributed by atoms with Crippen molar-refractivity contribution in [1.29, 1.82) is 0 Å². The number of imide groups is 1. The summed E-state index contributed by atoms with van der Waals surface area (Å²) in [5.74, 6) is -0.0901. The second-order valence-corrected chi connectivity index (χ2v) is 10.0. The molecule has 3 aromatic rings. The first-order valence-electron chi connectivity index (χ1n) is 11.7. The Bertz CT molecular complexity index is 1210. The molecule has 0 bridgehead atoms. The minimum atomic E-state index is -1.24. The van der Waals surface area contributed by atoms with Gasteiger partial charge in [0.1, 0.15) is 11.3 Å². The van der Waals surface area contributed by atoms with Crippen molar-refractivity contribution >= 4 is 29.2 Å². The van der Waals surface area contributed by atoms with Crippen molar-refractivity contribution < 1.29 is 18.9 Å². The van der Waals surface area contributed by atoms with Crippen LogP contribution >= 0.6 is 11.3 Å². The molecule has 0 aliphatic carbocycles. The molecule has 182 valence electrons. The molecule has 0 unspecified atom stereocenters. The minimum absolute atomic E-state index is 0.119. The van der Waals surface area contributed by atoms with Crippen LogP contribution in [0, 0.1) is 19.8 Å². The first kappa shape index (κ1) is 23.2. The summed E-state index contributed by atoms with van der Waals surface area (Å²) >= 11 is 1.61. The van der Waals surface area contributed by atoms with Crippen LogP contribution in [0.5, 0.6) is 0 Å². The Kier molecular flexibility index (Phi) is 6.14. The first-order chi connectivity index (χ1) is 16.9. The Labute approximate surface area is 207 Å². The van der Waals surface area contributed by atoms with Gasteiger partial charge in [-0.25, -0.2) is 4.79 Å². The van der Waals surface area contributed by atoms with E-state index in [4.69, 9.17) is 4.52 Å². The lowest BCUT2D eigenvalue weighted by atomic mass is 9.75. The third-order valence-corrected chi connectivity index (χ3v) is 7.94. The van der Waals surface area contributed by atoms with Crippen molar-refractivity contribution in [1.82, 2.24) is 25.3 Å². The van der Waals surface area contributed by atoms with E-state index in [0.717, 1.165) is 4.88 Å². The van der Waals surface area contributed by atoms with E-state index in [1.54, 1.807) is 48.4 Å². The number of piperidine rings is 1. The monoisotopic (exact) mass is 493 g/mol. The smallest absolute Gasteiger partial charge is 0.325 e. The quantitative estimate of drug-likeness (QED) is 0.528. The van der Waals surface area contributed by atoms with Crippen molar-refractivity contribution in [2.45, 2.75) is 38.6 Å². The van der Waals surface area contributed by atoms with Gasteiger partial charge >= 0.3 is 6.03 Å². The average Bonchev–Trinajstić information content (AvgIpc) is 3.57. The van der Waals surface area contributed by atoms with Crippen molar-refractivity contribution in [2.24, 2.45) is 5.92 Å². The molecule has 2 aliphatic heterocycles. The van der Waals surface area contributed by atoms with E-state index in [-0.39, 0.29) is 17.7 Å². The number of pyridine rings is 1. The van der Waals surface area contributed by atoms with Gasteiger partial charge in [-0.15, -0.1) is 11.3 Å². The van der Waals surface area contributed by atoms with Gasteiger partial charge in [-0.2, -0.15) is 0 Å². The lowest BCUT2D eigenvalue weighted by Gasteiger charge is -2.40. The zero-order valence-corrected chi connectivity index (χ0v) is 20.5. The van der Waals surface area contributed by atoms with E-state index < -0.39 is 11.6 Å². The van der Waals surface area contributed by atoms with E-state index in [1.165, 1.54) is 4.90 Å². The van der Waals surface area contributed by atoms with Gasteiger partial charge in [0.05, 0.1) is 11.4 Å². The predicted octanol–water partition coefficient (Wildman–Crippen LogP) is 3.29. The number of rotatable bonds is 6. The molecule has 9 nitrogen and oxygen atoms in total. The summed E-state index contributed by atoms with van der Waals surface area (Å²) < 4.78 is 5.17. The van der Waals surface area contributed by atoms with Crippen LogP contribution in [0.15, 0.2) is 46.4 Å². The first-order valence-corrected chi connectivity index (χ1v) is 12.6. The van der Waals surface area contributed by atoms with Gasteiger partial charge in [0.25, 0.3) is 11.8 Å². The highest BCUT2D eigenvalue weighted by Crippen LogP contribution is 2.41. The van der Waals surface area contributed by atoms with Crippen molar-refractivity contribution in [2.75, 3.05) is 19.6 Å². The Morgan fingerprint density at radius 2 is 2.00 bits per heavy atom. The second kappa shape index (κ2) is 9.26. The van der Waals surface area contributed by atoms with Gasteiger partial charge in [-0.1, -0.05) is 17.3 Å². The number of thiophene rings is 1. The minimum Gasteiger partial charge on any atom is -0.361 e. The highest BCUT2D eigenvalue weighted by Gasteiger charge is 2.58. The number of aromatic nitrogens is 2. The van der Waals surface area contributed by atoms with Crippen molar-refractivity contribution in [3.05, 3.63) is 69.5 Å². The molecule has 1 N–H and O–H groups in total. The maximum Gasteiger partial charge on any atom is 0.325 e. The van der Waals surface area contributed by atoms with E-state index >= 15 is 0 Å². The Morgan fingerprint density at radius 1 is 1.20 bits per heavy atom. The van der Waals surface area contributed by atoms with Gasteiger partial charge in [0, 0.05) is 36.6 Å². The fourth-order valence-corrected chi connectivity index (χ4v) is 5.89. The molecule has 10 heteroatoms. The number of urea groups is 1. The van der Waals surface area contributed by atoms with Crippen LogP contribution in [0.3, 0.4) is 0 Å². The number of carbonyl (C=O) groups is 3. The molecule has 2 aliphatic rings. The largest absolute Gasteiger partial charge is 0.361 e. The highest BCUT2D eigenvalue weighted by molar-refractivity contribution is 7.09. The van der Waals surface area contributed by atoms with Crippen LogP contribution in [-0.4, -0.2) is 57.4 Å². The summed E-state index contributed by atoms with van der Waals surface area (Å²) in [6.45, 7) is 4.71. The van der Waals surface area contributed by atoms with Crippen LogP contribution in [-0.2, 0) is 16.8 Å². The van der Waals surface area contributed by atoms with Gasteiger partial charge in [0.2, 0.25) is 0 Å². The number of hydrogen-bond donors (Lipinski definition) is 1. The van der Waals surface area contributed by atoms with Crippen LogP contribution in [0.1, 0.15) is 45.2 Å². The summed E-state index contributed by atoms with van der Waals surface area (Å²) in [5.41, 5.74) is 0.353. The van der Waals surface area contributed by atoms with E-state index in [9.17, 15) is 14.4 Å². The Balaban J connectivity index is 1.38. The standard InChI is InChI=1S/C25H27N5O4S/c1-16-21(17(2)34-28-16)22(31)29-12-8-18(9-13-29)25(20-7-3-4-11-26-20)23(32)30(24(33)27-25)14-10-19-6-5-15-35-19/h3-7,11,15,18H,8-10,12-14H2,1-2H3,(H,27,33)/t25-/m1/s1. The molecule has 3 aromatic heterocycles. The van der Waals surface area contributed by atoms with Crippen LogP contribution < -0.4 is 5.32 Å². The average molecular weight is 494 g/mol. The molecule has 0 spiro atoms. The zero-order valence-electron chi connectivity index (χ0n) is 19.7. The highest BCUT2D eigenvalue weighted by atomic mass is 32.1. The number of likely N-dealkylation sites (tertiary alicyclic amines) is 1. The van der Waals surface area contributed by atoms with E-state index in [2.05, 4.69) is 15.5 Å². The third-order valence-electron chi connectivity index (χ3n) is 7.00. The van der Waals surface area contributed by atoms with Crippen LogP contribution in [0.4, 0.5) is 4.79 Å². The summed E-state index contributed by atoms with van der Waals surface area (Å²) in [6, 6.07) is 8.97. The molecule has 4 amide bonds. The van der Waals surface area contributed by atoms with Gasteiger partial charge in [0.15, 0.2) is 5.54 Å². The summed E-state index contributed by atoms with van der Waals surface area (Å²) in [7, 11) is 0. The maximum atomic E-state index is 13.9. The summed E-state index contributed by atoms with van der Waals surface area (Å²) in [4.78, 5) is 48.8. The second-order valence-electron chi connectivity index (χ2n) is 9.00. The lowest BCUT2D eigenvalue weighted by Crippen LogP contribution is -2.54. The van der Waals surface area contributed by atoms with Gasteiger partial charge in [-0.3, -0.25) is 19.5 Å². The van der Waals surface area contributed by atoms with E-state index in [0.29, 0.717) is 61.6 Å². The van der Waals surface area contributed by atoms with Gasteiger partial charge in [-0.05, 0) is 56.7 Å². The number of aryl methyl sites for hydroxylation is 2. The third kappa shape index (κ3) is 4.01. The number of nitrogens with one attached hydrogen (secondary N) is 1. The van der Waals surface area contributed by atoms with Crippen molar-refractivity contribution in [3.63, 3.8) is 0 Å². The van der Waals surface area contributed by atoms with Crippen molar-refractivity contribution in [3.8, 4) is 0 Å². The molecular weight excluding hydrogens is 466 g/mol. The zero-order chi connectivity index (χ0) is 24.6. The number of amides is 4. The molecule has 0 saturated carbocycles. The molecule has 0 radical (unpaired) electrons. The lowest BCUT2D eigenvalue weighted by molar-refractivity contribution is -0.134. The molecule has 0 aromatic carbocycles. The molecule has 5 rings (SSSR count). The van der Waals surface area contributed by atoms with Gasteiger partial charge < -0.3 is 14.7 Å². The molecule has 35 heavy (non-hydrogen) atoms. The maximum absolute atomic E-state index is 13.9. The van der Waals surface area contributed by atoms with Crippen LogP contribution in [0.2, 0.25) is 0 Å². The molecule has 2 fully saturated rings. The van der Waals surface area contributed by atoms with Crippen LogP contribution in [0.25, 0.3) is 0 Å². The SMILES string of the molecule is Cc1noc(C)c1C(=O)N1CCC([C@]2(c3ccccn3)NC(=O)N(CCc3cccs3)C2=O)CC1. The number of hydrogen-bond acceptors (Lipinski definition) is 7. The number of carbonyl (C=O) groups excluding carboxylic acids is 3. The van der Waals surface area contributed by atoms with E-state index in [1.807, 2.05) is 23.6 Å². The number of nitrogens with zero attached hydrogens (tertiary/aromatic N) is 4. The molecule has 5 heterocycles. The fraction of sp³-hybridized carbons (Fsp3) is 0.400. The Morgan fingerprint density at radius 3 is 2.63 bits per heavy atom. The fourth-order valence-electron chi connectivity index (χ4n) is 5.19. The molecular formula is C25H27N5O4S. The Hall–Kier alpha value is -3.53. The molecule has 2 saturated heterocycles. The summed E-state index contributed by atoms with van der Waals surface area (Å²) in [6.07, 6.45) is 3.35. The normalized spacial score (nSPS) is 21.0. The molecule has 1 atom stereocenters. The predicted molar refractivity (Wildman–Crippen MR) is 129 cm³/mol. The summed E-state index contributed by atoms with van der Waals surface area (Å²) in [5, 5.41) is 8.90.